The van der Waals surface area contributed by atoms with Crippen LogP contribution < -0.4 is 11.1 Å². The molecule has 3 rings (SSSR count). The second-order valence-corrected chi connectivity index (χ2v) is 6.17. The summed E-state index contributed by atoms with van der Waals surface area (Å²) in [6, 6.07) is 7.06. The van der Waals surface area contributed by atoms with Gasteiger partial charge in [-0.15, -0.1) is 11.3 Å². The molecule has 3 aromatic rings. The third kappa shape index (κ3) is 2.25. The van der Waals surface area contributed by atoms with Crippen LogP contribution in [0.4, 0.5) is 21.5 Å². The average Bonchev–Trinajstić information content (AvgIpc) is 2.88. The number of nitrogens with two attached hydrogens (primary N) is 1. The number of nitrogen functional groups attached to an aromatic ring is 1. The van der Waals surface area contributed by atoms with E-state index in [0.717, 1.165) is 27.2 Å². The Kier molecular flexibility index (Phi) is 3.35. The van der Waals surface area contributed by atoms with Crippen LogP contribution in [-0.4, -0.2) is 4.98 Å². The van der Waals surface area contributed by atoms with E-state index in [4.69, 9.17) is 5.73 Å². The molecule has 0 radical (unpaired) electrons. The van der Waals surface area contributed by atoms with Gasteiger partial charge in [-0.2, -0.15) is 0 Å². The van der Waals surface area contributed by atoms with Crippen LogP contribution in [0.5, 0.6) is 0 Å². The van der Waals surface area contributed by atoms with Crippen molar-refractivity contribution in [2.24, 2.45) is 0 Å². The molecule has 0 aliphatic carbocycles. The number of nitrogens with one attached hydrogen (secondary N) is 1. The first-order chi connectivity index (χ1) is 9.56. The number of halogens is 2. The summed E-state index contributed by atoms with van der Waals surface area (Å²) in [6.07, 6.45) is 0. The van der Waals surface area contributed by atoms with Crippen molar-refractivity contribution in [3.8, 4) is 0 Å². The Balaban J connectivity index is 2.05. The van der Waals surface area contributed by atoms with Crippen LogP contribution in [0.2, 0.25) is 0 Å². The molecule has 0 saturated carbocycles. The Hall–Kier alpha value is -1.66. The number of hydrogen-bond acceptors (Lipinski definition) is 4. The Labute approximate surface area is 127 Å². The first-order valence-electron chi connectivity index (χ1n) is 5.90. The van der Waals surface area contributed by atoms with Crippen molar-refractivity contribution < 1.29 is 4.39 Å². The molecule has 0 amide bonds. The Morgan fingerprint density at radius 3 is 2.90 bits per heavy atom. The molecule has 3 N–H and O–H groups in total. The summed E-state index contributed by atoms with van der Waals surface area (Å²) in [4.78, 5) is 4.26. The summed E-state index contributed by atoms with van der Waals surface area (Å²) < 4.78 is 14.9. The quantitative estimate of drug-likeness (QED) is 0.650. The molecular weight excluding hydrogens is 341 g/mol. The van der Waals surface area contributed by atoms with Crippen molar-refractivity contribution in [3.63, 3.8) is 0 Å². The lowest BCUT2D eigenvalue weighted by Crippen LogP contribution is -1.99. The topological polar surface area (TPSA) is 50.9 Å². The van der Waals surface area contributed by atoms with Crippen LogP contribution in [0.25, 0.3) is 10.2 Å². The first kappa shape index (κ1) is 13.3. The lowest BCUT2D eigenvalue weighted by atomic mass is 10.1. The van der Waals surface area contributed by atoms with Crippen LogP contribution in [0.15, 0.2) is 34.2 Å². The zero-order valence-electron chi connectivity index (χ0n) is 10.6. The summed E-state index contributed by atoms with van der Waals surface area (Å²) in [6.45, 7) is 1.84. The van der Waals surface area contributed by atoms with Crippen LogP contribution in [0.3, 0.4) is 0 Å². The summed E-state index contributed by atoms with van der Waals surface area (Å²) in [5, 5.41) is 3.23. The minimum Gasteiger partial charge on any atom is -0.395 e. The third-order valence-electron chi connectivity index (χ3n) is 3.08. The fraction of sp³-hybridized carbons (Fsp3) is 0.0714. The highest BCUT2D eigenvalue weighted by Crippen LogP contribution is 2.33. The highest BCUT2D eigenvalue weighted by Gasteiger charge is 2.10. The molecule has 1 aromatic heterocycles. The molecule has 0 aliphatic rings. The number of aromatic nitrogens is 1. The van der Waals surface area contributed by atoms with Crippen molar-refractivity contribution in [1.29, 1.82) is 0 Å². The second kappa shape index (κ2) is 5.03. The van der Waals surface area contributed by atoms with Crippen LogP contribution in [0.1, 0.15) is 5.56 Å². The van der Waals surface area contributed by atoms with Gasteiger partial charge in [0.05, 0.1) is 26.1 Å². The smallest absolute Gasteiger partial charge is 0.137 e. The molecular formula is C14H11BrFN3S. The lowest BCUT2D eigenvalue weighted by Gasteiger charge is -2.13. The van der Waals surface area contributed by atoms with Crippen LogP contribution >= 0.6 is 27.3 Å². The molecule has 0 fully saturated rings. The second-order valence-electron chi connectivity index (χ2n) is 4.43. The Morgan fingerprint density at radius 2 is 2.10 bits per heavy atom. The largest absolute Gasteiger partial charge is 0.395 e. The molecule has 1 heterocycles. The molecule has 6 heteroatoms. The minimum absolute atomic E-state index is 0.282. The van der Waals surface area contributed by atoms with Crippen molar-refractivity contribution in [2.75, 3.05) is 11.1 Å². The zero-order valence-corrected chi connectivity index (χ0v) is 13.0. The zero-order chi connectivity index (χ0) is 14.3. The normalized spacial score (nSPS) is 10.9. The van der Waals surface area contributed by atoms with Crippen LogP contribution in [-0.2, 0) is 0 Å². The summed E-state index contributed by atoms with van der Waals surface area (Å²) >= 11 is 4.74. The van der Waals surface area contributed by atoms with Crippen molar-refractivity contribution in [2.45, 2.75) is 6.92 Å². The predicted molar refractivity (Wildman–Crippen MR) is 86.2 cm³/mol. The minimum atomic E-state index is -0.282. The maximum Gasteiger partial charge on any atom is 0.137 e. The molecule has 3 nitrogen and oxygen atoms in total. The van der Waals surface area contributed by atoms with Gasteiger partial charge in [-0.05, 0) is 52.7 Å². The number of aryl methyl sites for hydroxylation is 1. The molecule has 0 spiro atoms. The van der Waals surface area contributed by atoms with Gasteiger partial charge >= 0.3 is 0 Å². The van der Waals surface area contributed by atoms with E-state index >= 15 is 0 Å². The highest BCUT2D eigenvalue weighted by molar-refractivity contribution is 9.10. The fourth-order valence-corrected chi connectivity index (χ4v) is 3.02. The van der Waals surface area contributed by atoms with E-state index in [-0.39, 0.29) is 5.82 Å². The lowest BCUT2D eigenvalue weighted by molar-refractivity contribution is 0.620. The number of nitrogens with zero attached hydrogens (tertiary/aromatic N) is 1. The van der Waals surface area contributed by atoms with Gasteiger partial charge in [-0.1, -0.05) is 0 Å². The SMILES string of the molecule is Cc1cc(F)c(Br)cc1Nc1ccc2scnc2c1N. The summed E-state index contributed by atoms with van der Waals surface area (Å²) in [5.41, 5.74) is 11.7. The van der Waals surface area contributed by atoms with Gasteiger partial charge in [0.25, 0.3) is 0 Å². The third-order valence-corrected chi connectivity index (χ3v) is 4.48. The number of thiazole rings is 1. The fourth-order valence-electron chi connectivity index (χ4n) is 1.99. The van der Waals surface area contributed by atoms with Gasteiger partial charge in [0, 0.05) is 5.69 Å². The molecule has 0 atom stereocenters. The number of hydrogen-bond donors (Lipinski definition) is 2. The first-order valence-corrected chi connectivity index (χ1v) is 7.58. The van der Waals surface area contributed by atoms with E-state index in [1.807, 2.05) is 19.1 Å². The predicted octanol–water partition coefficient (Wildman–Crippen LogP) is 4.83. The standard InChI is InChI=1S/C14H11BrFN3S/c1-7-4-9(16)8(15)5-11(7)19-10-2-3-12-14(13(10)17)18-6-20-12/h2-6,19H,17H2,1H3. The number of benzene rings is 2. The average molecular weight is 352 g/mol. The van der Waals surface area contributed by atoms with E-state index in [0.29, 0.717) is 10.2 Å². The molecule has 2 aromatic carbocycles. The maximum atomic E-state index is 13.4. The summed E-state index contributed by atoms with van der Waals surface area (Å²) in [7, 11) is 0. The summed E-state index contributed by atoms with van der Waals surface area (Å²) in [5.74, 6) is -0.282. The van der Waals surface area contributed by atoms with Crippen molar-refractivity contribution in [3.05, 3.63) is 45.6 Å². The van der Waals surface area contributed by atoms with E-state index in [1.54, 1.807) is 22.9 Å². The van der Waals surface area contributed by atoms with Gasteiger partial charge in [-0.25, -0.2) is 9.37 Å². The maximum absolute atomic E-state index is 13.4. The van der Waals surface area contributed by atoms with E-state index in [9.17, 15) is 4.39 Å². The van der Waals surface area contributed by atoms with Crippen molar-refractivity contribution >= 4 is 54.5 Å². The Morgan fingerprint density at radius 1 is 1.30 bits per heavy atom. The van der Waals surface area contributed by atoms with E-state index in [1.165, 1.54) is 6.07 Å². The van der Waals surface area contributed by atoms with E-state index < -0.39 is 0 Å². The molecule has 0 bridgehead atoms. The van der Waals surface area contributed by atoms with Gasteiger partial charge in [-0.3, -0.25) is 0 Å². The Bertz CT molecular complexity index is 800. The van der Waals surface area contributed by atoms with E-state index in [2.05, 4.69) is 26.2 Å². The molecule has 0 aliphatic heterocycles. The highest BCUT2D eigenvalue weighted by atomic mass is 79.9. The number of anilines is 3. The van der Waals surface area contributed by atoms with Crippen LogP contribution in [0, 0.1) is 12.7 Å². The van der Waals surface area contributed by atoms with Crippen molar-refractivity contribution in [1.82, 2.24) is 4.98 Å². The van der Waals surface area contributed by atoms with Gasteiger partial charge in [0.1, 0.15) is 11.3 Å². The van der Waals surface area contributed by atoms with Gasteiger partial charge in [0.2, 0.25) is 0 Å². The molecule has 20 heavy (non-hydrogen) atoms. The monoisotopic (exact) mass is 351 g/mol. The number of rotatable bonds is 2. The van der Waals surface area contributed by atoms with Gasteiger partial charge < -0.3 is 11.1 Å². The molecule has 102 valence electrons. The van der Waals surface area contributed by atoms with Gasteiger partial charge in [0.15, 0.2) is 0 Å². The number of fused-ring (bicyclic) bond motifs is 1. The molecule has 0 unspecified atom stereocenters. The molecule has 0 saturated heterocycles.